The zero-order valence-corrected chi connectivity index (χ0v) is 28.4. The van der Waals surface area contributed by atoms with E-state index >= 15 is 0 Å². The van der Waals surface area contributed by atoms with Crippen LogP contribution < -0.4 is 0 Å². The maximum Gasteiger partial charge on any atom is 0.527 e. The van der Waals surface area contributed by atoms with Crippen molar-refractivity contribution in [2.75, 3.05) is 0 Å². The Bertz CT molecular complexity index is 2800. The first kappa shape index (κ1) is 35.0. The smallest absolute Gasteiger partial charge is 0.226 e. The normalized spacial score (nSPS) is 14.8. The number of halogens is 6. The van der Waals surface area contributed by atoms with Crippen molar-refractivity contribution < 1.29 is 26.3 Å². The number of aryl methyl sites for hydroxylation is 4. The summed E-state index contributed by atoms with van der Waals surface area (Å²) in [6.45, 7) is 37.9. The van der Waals surface area contributed by atoms with Gasteiger partial charge in [-0.2, -0.15) is 36.0 Å². The summed E-state index contributed by atoms with van der Waals surface area (Å²) in [5.41, 5.74) is -1.62. The van der Waals surface area contributed by atoms with E-state index < -0.39 is 40.7 Å². The van der Waals surface area contributed by atoms with Gasteiger partial charge in [0.15, 0.2) is 0 Å². The predicted molar refractivity (Wildman–Crippen MR) is 187 cm³/mol. The van der Waals surface area contributed by atoms with Crippen LogP contribution in [-0.4, -0.2) is 0 Å². The molecule has 54 heavy (non-hydrogen) atoms. The van der Waals surface area contributed by atoms with Crippen LogP contribution in [0.4, 0.5) is 26.3 Å². The Morgan fingerprint density at radius 1 is 0.463 bits per heavy atom. The highest BCUT2D eigenvalue weighted by molar-refractivity contribution is 6.24. The largest absolute Gasteiger partial charge is 0.527 e. The van der Waals surface area contributed by atoms with Gasteiger partial charge in [0.1, 0.15) is 13.1 Å². The minimum Gasteiger partial charge on any atom is -0.226 e. The van der Waals surface area contributed by atoms with Crippen LogP contribution in [0.1, 0.15) is 66.8 Å². The van der Waals surface area contributed by atoms with Gasteiger partial charge in [-0.1, -0.05) is 24.3 Å². The second-order valence-corrected chi connectivity index (χ2v) is 13.0. The van der Waals surface area contributed by atoms with Crippen molar-refractivity contribution in [1.29, 1.82) is 10.5 Å². The number of benzene rings is 4. The molecule has 4 aromatic carbocycles. The Morgan fingerprint density at radius 3 is 1.11 bits per heavy atom. The molecule has 6 nitrogen and oxygen atoms in total. The van der Waals surface area contributed by atoms with E-state index in [1.165, 1.54) is 26.0 Å². The van der Waals surface area contributed by atoms with Gasteiger partial charge < -0.3 is 0 Å². The fourth-order valence-corrected chi connectivity index (χ4v) is 7.93. The number of hydrogen-bond donors (Lipinski definition) is 0. The average Bonchev–Trinajstić information content (AvgIpc) is 3.71. The lowest BCUT2D eigenvalue weighted by molar-refractivity contribution is -0.138. The van der Waals surface area contributed by atoms with Gasteiger partial charge in [0, 0.05) is 11.1 Å². The summed E-state index contributed by atoms with van der Waals surface area (Å²) >= 11 is 0. The van der Waals surface area contributed by atoms with Crippen LogP contribution in [0.2, 0.25) is 0 Å². The van der Waals surface area contributed by atoms with Gasteiger partial charge in [-0.05, 0) is 129 Å². The molecule has 3 aliphatic carbocycles. The minimum absolute atomic E-state index is 0.0142. The summed E-state index contributed by atoms with van der Waals surface area (Å²) in [5, 5.41) is 20.7. The lowest BCUT2D eigenvalue weighted by Crippen LogP contribution is -2.08. The molecule has 12 heteroatoms. The molecule has 0 spiro atoms. The summed E-state index contributed by atoms with van der Waals surface area (Å²) in [5.74, 6) is -0.522. The molecule has 0 heterocycles. The molecule has 0 atom stereocenters. The summed E-state index contributed by atoms with van der Waals surface area (Å²) in [7, 11) is 0. The van der Waals surface area contributed by atoms with Crippen LogP contribution in [-0.2, 0) is 12.4 Å². The van der Waals surface area contributed by atoms with Gasteiger partial charge in [-0.3, -0.25) is 0 Å². The number of fused-ring (bicyclic) bond motifs is 12. The molecular weight excluding hydrogens is 702 g/mol. The molecule has 0 aromatic heterocycles. The molecule has 0 saturated heterocycles. The highest BCUT2D eigenvalue weighted by atomic mass is 19.4. The van der Waals surface area contributed by atoms with E-state index in [2.05, 4.69) is 19.4 Å². The molecule has 3 aliphatic rings. The lowest BCUT2D eigenvalue weighted by Gasteiger charge is -2.19. The van der Waals surface area contributed by atoms with Crippen molar-refractivity contribution in [3.05, 3.63) is 166 Å². The number of allylic oxidation sites excluding steroid dienone is 2. The molecular formula is C42H18F6N6. The summed E-state index contributed by atoms with van der Waals surface area (Å²) < 4.78 is 87.8. The van der Waals surface area contributed by atoms with E-state index in [1.807, 2.05) is 12.1 Å². The van der Waals surface area contributed by atoms with Crippen LogP contribution >= 0.6 is 0 Å². The average molecular weight is 721 g/mol. The highest BCUT2D eigenvalue weighted by Gasteiger charge is 2.48. The molecule has 0 saturated carbocycles. The molecule has 0 amide bonds. The van der Waals surface area contributed by atoms with Crippen molar-refractivity contribution in [2.24, 2.45) is 0 Å². The number of hydrogen-bond acceptors (Lipinski definition) is 2. The number of nitriles is 2. The third-order valence-electron chi connectivity index (χ3n) is 10.2. The Hall–Kier alpha value is -7.38. The molecule has 0 unspecified atom stereocenters. The Labute approximate surface area is 304 Å². The summed E-state index contributed by atoms with van der Waals surface area (Å²) in [6.07, 6.45) is -9.76. The molecule has 258 valence electrons. The van der Waals surface area contributed by atoms with E-state index in [-0.39, 0.29) is 83.5 Å². The van der Waals surface area contributed by atoms with Crippen LogP contribution in [0, 0.1) is 76.6 Å². The maximum absolute atomic E-state index is 14.6. The second-order valence-electron chi connectivity index (χ2n) is 13.0. The number of alkyl halides is 6. The topological polar surface area (TPSA) is 65.0 Å². The summed E-state index contributed by atoms with van der Waals surface area (Å²) in [4.78, 5) is 13.8. The van der Waals surface area contributed by atoms with Crippen molar-refractivity contribution in [3.63, 3.8) is 0 Å². The first-order valence-corrected chi connectivity index (χ1v) is 15.8. The molecule has 0 aliphatic heterocycles. The molecule has 0 fully saturated rings. The van der Waals surface area contributed by atoms with E-state index in [1.54, 1.807) is 26.0 Å². The van der Waals surface area contributed by atoms with Crippen LogP contribution in [0.15, 0.2) is 53.6 Å². The van der Waals surface area contributed by atoms with Gasteiger partial charge >= 0.3 is 18.2 Å². The van der Waals surface area contributed by atoms with Crippen molar-refractivity contribution in [1.82, 2.24) is 0 Å². The standard InChI is InChI=1S/C42H18F6N6/c1-17-9-21-23(10-18(17)2)33-37(31(21)29(15-49)51-5)34-25-13-27(41(43,44)45)19(3)11-22(25)32(30(16-50)52-6)38(34)35-26-14-28(42(46,47)48)20(4)12-24(26)36(39(33)35)40(53-7)54-8/h9-14H,1-4H3/b31-29+,32-30-. The van der Waals surface area contributed by atoms with Gasteiger partial charge in [0.2, 0.25) is 0 Å². The maximum atomic E-state index is 14.6. The molecule has 0 N–H and O–H groups in total. The minimum atomic E-state index is -4.88. The SMILES string of the molecule is [C-]#[N+]C([N+]#[C-])=C1c2cc(C)c(C(F)(F)F)cc2-c2c1c1c(c3c2/C(=C(/C#N)[N+]#[C-])c2cc(C)c(C(F)(F)F)cc2-3)/C(=C(\C#N)[N+]#[C-])c2cc(C)c(C)cc2-1. The Morgan fingerprint density at radius 2 is 0.778 bits per heavy atom. The molecule has 0 bridgehead atoms. The highest BCUT2D eigenvalue weighted by Crippen LogP contribution is 2.66. The first-order valence-electron chi connectivity index (χ1n) is 15.8. The van der Waals surface area contributed by atoms with Crippen molar-refractivity contribution in [3.8, 4) is 45.5 Å². The van der Waals surface area contributed by atoms with Crippen molar-refractivity contribution in [2.45, 2.75) is 40.0 Å². The Kier molecular flexibility index (Phi) is 7.50. The fraction of sp³-hybridized carbons (Fsp3) is 0.143. The van der Waals surface area contributed by atoms with E-state index in [0.29, 0.717) is 11.1 Å². The monoisotopic (exact) mass is 720 g/mol. The van der Waals surface area contributed by atoms with Gasteiger partial charge in [-0.25, -0.2) is 20.2 Å². The Balaban J connectivity index is 1.91. The molecule has 0 radical (unpaired) electrons. The quantitative estimate of drug-likeness (QED) is 0.0889. The van der Waals surface area contributed by atoms with E-state index in [4.69, 9.17) is 26.3 Å². The lowest BCUT2D eigenvalue weighted by atomic mass is 9.83. The second kappa shape index (κ2) is 11.6. The zero-order chi connectivity index (χ0) is 39.3. The fourth-order valence-electron chi connectivity index (χ4n) is 7.93. The zero-order valence-electron chi connectivity index (χ0n) is 28.4. The summed E-state index contributed by atoms with van der Waals surface area (Å²) in [6, 6.07) is 11.2. The third kappa shape index (κ3) is 4.55. The predicted octanol–water partition coefficient (Wildman–Crippen LogP) is 11.9. The first-order chi connectivity index (χ1) is 25.5. The van der Waals surface area contributed by atoms with Gasteiger partial charge in [0.05, 0.1) is 42.0 Å². The number of nitrogens with zero attached hydrogens (tertiary/aromatic N) is 6. The van der Waals surface area contributed by atoms with Crippen LogP contribution in [0.5, 0.6) is 0 Å². The van der Waals surface area contributed by atoms with Gasteiger partial charge in [-0.15, -0.1) is 0 Å². The van der Waals surface area contributed by atoms with Gasteiger partial charge in [0.25, 0.3) is 11.4 Å². The van der Waals surface area contributed by atoms with E-state index in [0.717, 1.165) is 23.3 Å². The molecule has 7 rings (SSSR count). The van der Waals surface area contributed by atoms with Crippen molar-refractivity contribution >= 4 is 16.7 Å². The van der Waals surface area contributed by atoms with Crippen LogP contribution in [0.25, 0.3) is 69.5 Å². The van der Waals surface area contributed by atoms with E-state index in [9.17, 15) is 36.9 Å². The number of rotatable bonds is 0. The van der Waals surface area contributed by atoms with Crippen LogP contribution in [0.3, 0.4) is 0 Å². The third-order valence-corrected chi connectivity index (χ3v) is 10.2. The molecule has 4 aromatic rings.